The minimum Gasteiger partial charge on any atom is -0.368 e. The van der Waals surface area contributed by atoms with Crippen molar-refractivity contribution in [2.45, 2.75) is 11.1 Å². The van der Waals surface area contributed by atoms with Gasteiger partial charge in [0.15, 0.2) is 0 Å². The molecule has 2 aromatic rings. The average molecular weight is 496 g/mol. The zero-order chi connectivity index (χ0) is 22.8. The molecule has 2 aromatic carbocycles. The van der Waals surface area contributed by atoms with Crippen LogP contribution in [0, 0.1) is 0 Å². The van der Waals surface area contributed by atoms with E-state index in [0.29, 0.717) is 42.3 Å². The molecule has 1 N–H and O–H groups in total. The van der Waals surface area contributed by atoms with Crippen LogP contribution in [0.4, 0.5) is 18.9 Å². The highest BCUT2D eigenvalue weighted by molar-refractivity contribution is 7.89. The molecule has 31 heavy (non-hydrogen) atoms. The number of nitrogens with one attached hydrogen (secondary N) is 1. The summed E-state index contributed by atoms with van der Waals surface area (Å²) in [4.78, 5) is 15.4. The fraction of sp³-hybridized carbons (Fsp3) is 0.316. The number of halogens is 5. The molecule has 1 amide bonds. The van der Waals surface area contributed by atoms with E-state index in [2.05, 4.69) is 4.72 Å². The molecular formula is C19H18Cl2F3N3O3S. The van der Waals surface area contributed by atoms with Gasteiger partial charge >= 0.3 is 6.18 Å². The fourth-order valence-electron chi connectivity index (χ4n) is 3.09. The van der Waals surface area contributed by atoms with E-state index in [4.69, 9.17) is 23.2 Å². The standard InChI is InChI=1S/C19H18Cl2F3N3O3S/c20-16-5-4-14(11-17(16)21)26-6-8-27(9-7-26)18(28)12-25-31(29,30)15-3-1-2-13(10-15)19(22,23)24/h1-5,10-11,25H,6-9,12H2. The molecule has 0 bridgehead atoms. The third-order valence-electron chi connectivity index (χ3n) is 4.79. The first-order chi connectivity index (χ1) is 14.5. The lowest BCUT2D eigenvalue weighted by Gasteiger charge is -2.36. The normalized spacial score (nSPS) is 15.3. The number of sulfonamides is 1. The van der Waals surface area contributed by atoms with Crippen molar-refractivity contribution >= 4 is 44.8 Å². The number of anilines is 1. The number of rotatable bonds is 5. The lowest BCUT2D eigenvalue weighted by Crippen LogP contribution is -2.51. The summed E-state index contributed by atoms with van der Waals surface area (Å²) >= 11 is 11.9. The summed E-state index contributed by atoms with van der Waals surface area (Å²) in [5.74, 6) is -0.468. The largest absolute Gasteiger partial charge is 0.416 e. The third kappa shape index (κ3) is 5.82. The van der Waals surface area contributed by atoms with Gasteiger partial charge in [-0.1, -0.05) is 29.3 Å². The molecule has 0 aromatic heterocycles. The summed E-state index contributed by atoms with van der Waals surface area (Å²) in [5.41, 5.74) is -0.230. The Hall–Kier alpha value is -2.01. The highest BCUT2D eigenvalue weighted by atomic mass is 35.5. The van der Waals surface area contributed by atoms with Crippen LogP contribution >= 0.6 is 23.2 Å². The highest BCUT2D eigenvalue weighted by Crippen LogP contribution is 2.30. The van der Waals surface area contributed by atoms with Crippen LogP contribution < -0.4 is 9.62 Å². The number of hydrogen-bond acceptors (Lipinski definition) is 4. The van der Waals surface area contributed by atoms with E-state index in [0.717, 1.165) is 23.9 Å². The van der Waals surface area contributed by atoms with E-state index in [1.165, 1.54) is 4.90 Å². The smallest absolute Gasteiger partial charge is 0.368 e. The van der Waals surface area contributed by atoms with Gasteiger partial charge in [-0.05, 0) is 36.4 Å². The summed E-state index contributed by atoms with van der Waals surface area (Å²) in [6.07, 6.45) is -4.67. The van der Waals surface area contributed by atoms with Crippen molar-refractivity contribution in [3.63, 3.8) is 0 Å². The maximum atomic E-state index is 12.8. The number of piperazine rings is 1. The number of carbonyl (C=O) groups is 1. The van der Waals surface area contributed by atoms with Gasteiger partial charge in [-0.25, -0.2) is 13.1 Å². The monoisotopic (exact) mass is 495 g/mol. The van der Waals surface area contributed by atoms with Crippen LogP contribution in [-0.2, 0) is 21.0 Å². The van der Waals surface area contributed by atoms with Crippen LogP contribution in [0.15, 0.2) is 47.4 Å². The SMILES string of the molecule is O=C(CNS(=O)(=O)c1cccc(C(F)(F)F)c1)N1CCN(c2ccc(Cl)c(Cl)c2)CC1. The van der Waals surface area contributed by atoms with Gasteiger partial charge in [0.25, 0.3) is 0 Å². The van der Waals surface area contributed by atoms with Gasteiger partial charge in [0.2, 0.25) is 15.9 Å². The number of alkyl halides is 3. The maximum absolute atomic E-state index is 12.8. The van der Waals surface area contributed by atoms with Crippen molar-refractivity contribution in [1.29, 1.82) is 0 Å². The Labute approximate surface area is 187 Å². The van der Waals surface area contributed by atoms with Gasteiger partial charge in [-0.2, -0.15) is 13.2 Å². The summed E-state index contributed by atoms with van der Waals surface area (Å²) in [6, 6.07) is 8.57. The van der Waals surface area contributed by atoms with Crippen molar-refractivity contribution in [3.05, 3.63) is 58.1 Å². The first-order valence-corrected chi connectivity index (χ1v) is 11.4. The Kier molecular flexibility index (Phi) is 7.04. The van der Waals surface area contributed by atoms with Crippen LogP contribution in [0.1, 0.15) is 5.56 Å². The predicted octanol–water partition coefficient (Wildman–Crippen LogP) is 3.64. The molecular weight excluding hydrogens is 478 g/mol. The highest BCUT2D eigenvalue weighted by Gasteiger charge is 2.32. The van der Waals surface area contributed by atoms with Crippen molar-refractivity contribution in [3.8, 4) is 0 Å². The Morgan fingerprint density at radius 2 is 1.68 bits per heavy atom. The number of benzene rings is 2. The number of nitrogens with zero attached hydrogens (tertiary/aromatic N) is 2. The Morgan fingerprint density at radius 3 is 2.29 bits per heavy atom. The summed E-state index contributed by atoms with van der Waals surface area (Å²) < 4.78 is 65.1. The quantitative estimate of drug-likeness (QED) is 0.687. The first-order valence-electron chi connectivity index (χ1n) is 9.12. The third-order valence-corrected chi connectivity index (χ3v) is 6.92. The van der Waals surface area contributed by atoms with E-state index in [-0.39, 0.29) is 0 Å². The summed E-state index contributed by atoms with van der Waals surface area (Å²) in [6.45, 7) is 1.16. The lowest BCUT2D eigenvalue weighted by atomic mass is 10.2. The lowest BCUT2D eigenvalue weighted by molar-refractivity contribution is -0.137. The van der Waals surface area contributed by atoms with Crippen molar-refractivity contribution in [2.75, 3.05) is 37.6 Å². The van der Waals surface area contributed by atoms with Gasteiger partial charge in [-0.3, -0.25) is 4.79 Å². The van der Waals surface area contributed by atoms with E-state index < -0.39 is 39.1 Å². The molecule has 1 aliphatic heterocycles. The van der Waals surface area contributed by atoms with Crippen LogP contribution in [0.5, 0.6) is 0 Å². The van der Waals surface area contributed by atoms with E-state index in [9.17, 15) is 26.4 Å². The van der Waals surface area contributed by atoms with Gasteiger partial charge < -0.3 is 9.80 Å². The van der Waals surface area contributed by atoms with Crippen LogP contribution in [0.3, 0.4) is 0 Å². The second-order valence-electron chi connectivity index (χ2n) is 6.82. The van der Waals surface area contributed by atoms with Crippen LogP contribution in [0.2, 0.25) is 10.0 Å². The zero-order valence-corrected chi connectivity index (χ0v) is 18.3. The predicted molar refractivity (Wildman–Crippen MR) is 112 cm³/mol. The molecule has 0 aliphatic carbocycles. The first kappa shape index (κ1) is 23.6. The molecule has 6 nitrogen and oxygen atoms in total. The summed E-state index contributed by atoms with van der Waals surface area (Å²) in [7, 11) is -4.27. The van der Waals surface area contributed by atoms with Crippen LogP contribution in [-0.4, -0.2) is 51.9 Å². The van der Waals surface area contributed by atoms with Gasteiger partial charge in [0.05, 0.1) is 27.0 Å². The molecule has 0 unspecified atom stereocenters. The second-order valence-corrected chi connectivity index (χ2v) is 9.40. The van der Waals surface area contributed by atoms with Crippen molar-refractivity contribution in [1.82, 2.24) is 9.62 Å². The van der Waals surface area contributed by atoms with E-state index >= 15 is 0 Å². The molecule has 0 saturated carbocycles. The van der Waals surface area contributed by atoms with E-state index in [1.54, 1.807) is 12.1 Å². The molecule has 1 aliphatic rings. The molecule has 0 radical (unpaired) electrons. The minimum absolute atomic E-state index is 0.352. The number of hydrogen-bond donors (Lipinski definition) is 1. The molecule has 12 heteroatoms. The van der Waals surface area contributed by atoms with Crippen LogP contribution in [0.25, 0.3) is 0 Å². The Morgan fingerprint density at radius 1 is 1.00 bits per heavy atom. The molecule has 1 saturated heterocycles. The molecule has 1 fully saturated rings. The molecule has 0 atom stereocenters. The molecule has 0 spiro atoms. The van der Waals surface area contributed by atoms with Gasteiger partial charge in [0, 0.05) is 31.9 Å². The Bertz CT molecular complexity index is 1070. The minimum atomic E-state index is -4.67. The zero-order valence-electron chi connectivity index (χ0n) is 16.0. The Balaban J connectivity index is 1.57. The topological polar surface area (TPSA) is 69.7 Å². The number of carbonyl (C=O) groups excluding carboxylic acids is 1. The summed E-state index contributed by atoms with van der Waals surface area (Å²) in [5, 5.41) is 0.856. The van der Waals surface area contributed by atoms with E-state index in [1.807, 2.05) is 11.0 Å². The number of amides is 1. The van der Waals surface area contributed by atoms with Crippen molar-refractivity contribution in [2.24, 2.45) is 0 Å². The fourth-order valence-corrected chi connectivity index (χ4v) is 4.40. The van der Waals surface area contributed by atoms with Gasteiger partial charge in [0.1, 0.15) is 0 Å². The second kappa shape index (κ2) is 9.23. The molecule has 1 heterocycles. The maximum Gasteiger partial charge on any atom is 0.416 e. The molecule has 168 valence electrons. The molecule has 3 rings (SSSR count). The van der Waals surface area contributed by atoms with Gasteiger partial charge in [-0.15, -0.1) is 0 Å². The van der Waals surface area contributed by atoms with Crippen molar-refractivity contribution < 1.29 is 26.4 Å². The average Bonchev–Trinajstić information content (AvgIpc) is 2.73.